The zero-order chi connectivity index (χ0) is 14.2. The summed E-state index contributed by atoms with van der Waals surface area (Å²) >= 11 is 0. The quantitative estimate of drug-likeness (QED) is 0.918. The van der Waals surface area contributed by atoms with Crippen molar-refractivity contribution in [2.24, 2.45) is 0 Å². The molecule has 0 unspecified atom stereocenters. The van der Waals surface area contributed by atoms with E-state index in [9.17, 15) is 9.59 Å². The third kappa shape index (κ3) is 1.97. The highest BCUT2D eigenvalue weighted by atomic mass is 16.5. The van der Waals surface area contributed by atoms with Gasteiger partial charge in [-0.05, 0) is 25.5 Å². The number of ether oxygens (including phenoxy) is 1. The number of hydrogen-bond donors (Lipinski definition) is 1. The van der Waals surface area contributed by atoms with Crippen LogP contribution < -0.4 is 10.2 Å². The normalized spacial score (nSPS) is 10.7. The van der Waals surface area contributed by atoms with Crippen molar-refractivity contribution in [3.8, 4) is 5.75 Å². The summed E-state index contributed by atoms with van der Waals surface area (Å²) in [4.78, 5) is 23.3. The Morgan fingerprint density at radius 3 is 2.63 bits per heavy atom. The van der Waals surface area contributed by atoms with Crippen LogP contribution in [0.3, 0.4) is 0 Å². The molecule has 0 saturated carbocycles. The second-order valence-electron chi connectivity index (χ2n) is 4.27. The van der Waals surface area contributed by atoms with Crippen LogP contribution in [0.1, 0.15) is 22.8 Å². The standard InChI is InChI=1S/C14H15NO4/c1-4-15-7-10(14(17)18)12(16)9-6-5-8(2)13(19-3)11(9)15/h5-7H,4H2,1-3H3,(H,17,18). The molecule has 1 heterocycles. The highest BCUT2D eigenvalue weighted by Gasteiger charge is 2.17. The lowest BCUT2D eigenvalue weighted by Gasteiger charge is -2.15. The summed E-state index contributed by atoms with van der Waals surface area (Å²) in [6, 6.07) is 3.41. The van der Waals surface area contributed by atoms with Crippen LogP contribution in [0.25, 0.3) is 10.9 Å². The lowest BCUT2D eigenvalue weighted by Crippen LogP contribution is -2.19. The minimum Gasteiger partial charge on any atom is -0.494 e. The zero-order valence-electron chi connectivity index (χ0n) is 11.1. The van der Waals surface area contributed by atoms with Crippen molar-refractivity contribution in [1.82, 2.24) is 4.57 Å². The molecule has 0 spiro atoms. The molecule has 100 valence electrons. The number of carbonyl (C=O) groups is 1. The van der Waals surface area contributed by atoms with Crippen LogP contribution in [-0.4, -0.2) is 22.8 Å². The summed E-state index contributed by atoms with van der Waals surface area (Å²) in [6.07, 6.45) is 1.37. The number of nitrogens with zero attached hydrogens (tertiary/aromatic N) is 1. The fourth-order valence-corrected chi connectivity index (χ4v) is 2.22. The molecule has 0 aliphatic carbocycles. The number of carboxylic acids is 1. The minimum absolute atomic E-state index is 0.222. The van der Waals surface area contributed by atoms with Crippen LogP contribution in [0.5, 0.6) is 5.75 Å². The summed E-state index contributed by atoms with van der Waals surface area (Å²) in [7, 11) is 1.54. The largest absolute Gasteiger partial charge is 0.494 e. The number of aryl methyl sites for hydroxylation is 2. The van der Waals surface area contributed by atoms with Gasteiger partial charge in [0.15, 0.2) is 0 Å². The van der Waals surface area contributed by atoms with Crippen LogP contribution >= 0.6 is 0 Å². The maximum Gasteiger partial charge on any atom is 0.341 e. The molecule has 0 bridgehead atoms. The van der Waals surface area contributed by atoms with Gasteiger partial charge in [0.05, 0.1) is 18.0 Å². The van der Waals surface area contributed by atoms with Gasteiger partial charge in [-0.3, -0.25) is 4.79 Å². The van der Waals surface area contributed by atoms with Crippen LogP contribution in [0, 0.1) is 6.92 Å². The van der Waals surface area contributed by atoms with E-state index in [1.807, 2.05) is 13.8 Å². The van der Waals surface area contributed by atoms with Crippen LogP contribution in [0.2, 0.25) is 0 Å². The number of methoxy groups -OCH3 is 1. The molecule has 19 heavy (non-hydrogen) atoms. The van der Waals surface area contributed by atoms with Crippen molar-refractivity contribution in [2.45, 2.75) is 20.4 Å². The molecule has 0 saturated heterocycles. The van der Waals surface area contributed by atoms with Gasteiger partial charge in [0.1, 0.15) is 11.3 Å². The second kappa shape index (κ2) is 4.76. The maximum absolute atomic E-state index is 12.2. The average molecular weight is 261 g/mol. The lowest BCUT2D eigenvalue weighted by atomic mass is 10.1. The van der Waals surface area contributed by atoms with Gasteiger partial charge >= 0.3 is 5.97 Å². The summed E-state index contributed by atoms with van der Waals surface area (Å²) in [5.41, 5.74) is 0.838. The molecule has 0 radical (unpaired) electrons. The topological polar surface area (TPSA) is 68.5 Å². The molecule has 1 aromatic heterocycles. The van der Waals surface area contributed by atoms with Crippen molar-refractivity contribution in [2.75, 3.05) is 7.11 Å². The minimum atomic E-state index is -1.21. The van der Waals surface area contributed by atoms with E-state index in [0.717, 1.165) is 5.56 Å². The number of rotatable bonds is 3. The predicted octanol–water partition coefficient (Wildman–Crippen LogP) is 2.04. The molecule has 5 heteroatoms. The van der Waals surface area contributed by atoms with E-state index in [-0.39, 0.29) is 5.56 Å². The van der Waals surface area contributed by atoms with Crippen molar-refractivity contribution >= 4 is 16.9 Å². The Kier molecular flexibility index (Phi) is 3.29. The zero-order valence-corrected chi connectivity index (χ0v) is 11.1. The number of benzene rings is 1. The molecule has 0 atom stereocenters. The average Bonchev–Trinajstić information content (AvgIpc) is 2.38. The monoisotopic (exact) mass is 261 g/mol. The van der Waals surface area contributed by atoms with Crippen LogP contribution in [0.15, 0.2) is 23.1 Å². The Balaban J connectivity index is 3.02. The van der Waals surface area contributed by atoms with E-state index in [1.165, 1.54) is 13.3 Å². The first-order valence-electron chi connectivity index (χ1n) is 5.95. The smallest absolute Gasteiger partial charge is 0.341 e. The van der Waals surface area contributed by atoms with Crippen molar-refractivity contribution in [3.05, 3.63) is 39.7 Å². The van der Waals surface area contributed by atoms with Gasteiger partial charge in [-0.15, -0.1) is 0 Å². The van der Waals surface area contributed by atoms with Crippen molar-refractivity contribution < 1.29 is 14.6 Å². The third-order valence-electron chi connectivity index (χ3n) is 3.16. The van der Waals surface area contributed by atoms with Gasteiger partial charge < -0.3 is 14.4 Å². The molecule has 2 rings (SSSR count). The first kappa shape index (κ1) is 13.1. The summed E-state index contributed by atoms with van der Waals surface area (Å²) in [5, 5.41) is 9.45. The summed E-state index contributed by atoms with van der Waals surface area (Å²) in [5.74, 6) is -0.609. The molecule has 0 aliphatic rings. The number of aromatic nitrogens is 1. The Hall–Kier alpha value is -2.30. The predicted molar refractivity (Wildman–Crippen MR) is 72.1 cm³/mol. The van der Waals surface area contributed by atoms with Gasteiger partial charge in [0, 0.05) is 12.7 Å². The molecular weight excluding hydrogens is 246 g/mol. The fourth-order valence-electron chi connectivity index (χ4n) is 2.22. The highest BCUT2D eigenvalue weighted by Crippen LogP contribution is 2.28. The number of carboxylic acid groups (broad SMARTS) is 1. The number of aromatic carboxylic acids is 1. The molecular formula is C14H15NO4. The van der Waals surface area contributed by atoms with E-state index < -0.39 is 11.4 Å². The Morgan fingerprint density at radius 2 is 2.11 bits per heavy atom. The first-order valence-corrected chi connectivity index (χ1v) is 5.95. The number of pyridine rings is 1. The van der Waals surface area contributed by atoms with E-state index in [1.54, 1.807) is 16.7 Å². The van der Waals surface area contributed by atoms with Crippen molar-refractivity contribution in [1.29, 1.82) is 0 Å². The molecule has 1 N–H and O–H groups in total. The van der Waals surface area contributed by atoms with E-state index in [2.05, 4.69) is 0 Å². The summed E-state index contributed by atoms with van der Waals surface area (Å²) < 4.78 is 7.08. The molecule has 0 amide bonds. The Bertz CT molecular complexity index is 715. The van der Waals surface area contributed by atoms with E-state index >= 15 is 0 Å². The maximum atomic E-state index is 12.2. The molecule has 0 aliphatic heterocycles. The second-order valence-corrected chi connectivity index (χ2v) is 4.27. The van der Waals surface area contributed by atoms with Gasteiger partial charge in [-0.25, -0.2) is 4.79 Å². The molecule has 1 aromatic carbocycles. The SMILES string of the molecule is CCn1cc(C(=O)O)c(=O)c2ccc(C)c(OC)c21. The molecule has 5 nitrogen and oxygen atoms in total. The first-order chi connectivity index (χ1) is 9.01. The fraction of sp³-hybridized carbons (Fsp3) is 0.286. The number of fused-ring (bicyclic) bond motifs is 1. The van der Waals surface area contributed by atoms with Crippen molar-refractivity contribution in [3.63, 3.8) is 0 Å². The summed E-state index contributed by atoms with van der Waals surface area (Å²) in [6.45, 7) is 4.32. The van der Waals surface area contributed by atoms with E-state index in [0.29, 0.717) is 23.2 Å². The van der Waals surface area contributed by atoms with Gasteiger partial charge in [0.2, 0.25) is 5.43 Å². The third-order valence-corrected chi connectivity index (χ3v) is 3.16. The lowest BCUT2D eigenvalue weighted by molar-refractivity contribution is 0.0695. The Labute approximate surface area is 110 Å². The van der Waals surface area contributed by atoms with E-state index in [4.69, 9.17) is 9.84 Å². The molecule has 2 aromatic rings. The van der Waals surface area contributed by atoms with Crippen LogP contribution in [-0.2, 0) is 6.54 Å². The van der Waals surface area contributed by atoms with Gasteiger partial charge in [-0.1, -0.05) is 6.07 Å². The Morgan fingerprint density at radius 1 is 1.42 bits per heavy atom. The molecule has 0 fully saturated rings. The highest BCUT2D eigenvalue weighted by molar-refractivity contribution is 5.94. The van der Waals surface area contributed by atoms with Crippen LogP contribution in [0.4, 0.5) is 0 Å². The van der Waals surface area contributed by atoms with Gasteiger partial charge in [0.25, 0.3) is 0 Å². The van der Waals surface area contributed by atoms with Gasteiger partial charge in [-0.2, -0.15) is 0 Å². The number of hydrogen-bond acceptors (Lipinski definition) is 3.